The minimum absolute atomic E-state index is 0.0402. The van der Waals surface area contributed by atoms with Gasteiger partial charge in [0.2, 0.25) is 5.91 Å². The zero-order valence-electron chi connectivity index (χ0n) is 14.9. The maximum absolute atomic E-state index is 13.1. The summed E-state index contributed by atoms with van der Waals surface area (Å²) in [7, 11) is -2.48. The highest BCUT2D eigenvalue weighted by atomic mass is 79.9. The molecule has 0 aliphatic carbocycles. The molecule has 0 bridgehead atoms. The molecule has 0 fully saturated rings. The summed E-state index contributed by atoms with van der Waals surface area (Å²) in [6.07, 6.45) is 0.589. The number of amides is 1. The normalized spacial score (nSPS) is 16.2. The van der Waals surface area contributed by atoms with E-state index in [9.17, 15) is 13.2 Å². The SMILES string of the molecule is COc1ccc(NS(=O)(=O)c2cc(Br)cc3c2N(C(C)=O)[C@H](C)C3)cc1Cl. The molecule has 2 aromatic carbocycles. The summed E-state index contributed by atoms with van der Waals surface area (Å²) < 4.78 is 34.5. The number of hydrogen-bond donors (Lipinski definition) is 1. The van der Waals surface area contributed by atoms with Gasteiger partial charge in [0, 0.05) is 17.4 Å². The largest absolute Gasteiger partial charge is 0.495 e. The van der Waals surface area contributed by atoms with Crippen molar-refractivity contribution in [1.29, 1.82) is 0 Å². The zero-order chi connectivity index (χ0) is 19.9. The first-order chi connectivity index (χ1) is 12.6. The number of nitrogens with zero attached hydrogens (tertiary/aromatic N) is 1. The smallest absolute Gasteiger partial charge is 0.264 e. The van der Waals surface area contributed by atoms with Crippen LogP contribution in [0.4, 0.5) is 11.4 Å². The van der Waals surface area contributed by atoms with Crippen molar-refractivity contribution >= 4 is 54.8 Å². The molecule has 9 heteroatoms. The Morgan fingerprint density at radius 1 is 1.33 bits per heavy atom. The second kappa shape index (κ2) is 7.33. The van der Waals surface area contributed by atoms with Crippen molar-refractivity contribution in [2.75, 3.05) is 16.7 Å². The standard InChI is InChI=1S/C18H18BrClN2O4S/c1-10-6-12-7-13(19)8-17(18(12)22(10)11(2)23)27(24,25)21-14-4-5-16(26-3)15(20)9-14/h4-5,7-10,21H,6H2,1-3H3/t10-/m1/s1. The minimum Gasteiger partial charge on any atom is -0.495 e. The molecule has 0 saturated carbocycles. The highest BCUT2D eigenvalue weighted by Crippen LogP contribution is 2.41. The lowest BCUT2D eigenvalue weighted by atomic mass is 10.1. The third-order valence-corrected chi connectivity index (χ3v) is 6.50. The number of fused-ring (bicyclic) bond motifs is 1. The van der Waals surface area contributed by atoms with Crippen molar-refractivity contribution < 1.29 is 17.9 Å². The second-order valence-electron chi connectivity index (χ2n) is 6.31. The number of carbonyl (C=O) groups is 1. The predicted molar refractivity (Wildman–Crippen MR) is 109 cm³/mol. The zero-order valence-corrected chi connectivity index (χ0v) is 18.1. The molecule has 3 rings (SSSR count). The number of anilines is 2. The fraction of sp³-hybridized carbons (Fsp3) is 0.278. The van der Waals surface area contributed by atoms with Gasteiger partial charge in [-0.2, -0.15) is 0 Å². The Hall–Kier alpha value is -1.77. The van der Waals surface area contributed by atoms with Crippen molar-refractivity contribution in [3.63, 3.8) is 0 Å². The maximum Gasteiger partial charge on any atom is 0.264 e. The van der Waals surface area contributed by atoms with Crippen LogP contribution in [-0.4, -0.2) is 27.5 Å². The number of benzene rings is 2. The van der Waals surface area contributed by atoms with Gasteiger partial charge in [0.25, 0.3) is 10.0 Å². The van der Waals surface area contributed by atoms with Crippen LogP contribution in [0.5, 0.6) is 5.75 Å². The summed E-state index contributed by atoms with van der Waals surface area (Å²) in [4.78, 5) is 13.7. The Bertz CT molecular complexity index is 1030. The first-order valence-corrected chi connectivity index (χ1v) is 10.8. The van der Waals surface area contributed by atoms with Crippen LogP contribution in [0.3, 0.4) is 0 Å². The van der Waals surface area contributed by atoms with Gasteiger partial charge in [0.1, 0.15) is 10.6 Å². The molecule has 0 unspecified atom stereocenters. The van der Waals surface area contributed by atoms with Crippen LogP contribution in [0.2, 0.25) is 5.02 Å². The van der Waals surface area contributed by atoms with Crippen LogP contribution >= 0.6 is 27.5 Å². The van der Waals surface area contributed by atoms with E-state index in [1.807, 2.05) is 13.0 Å². The Labute approximate surface area is 171 Å². The average molecular weight is 474 g/mol. The molecule has 1 amide bonds. The second-order valence-corrected chi connectivity index (χ2v) is 9.28. The van der Waals surface area contributed by atoms with Crippen molar-refractivity contribution in [2.45, 2.75) is 31.2 Å². The molecular weight excluding hydrogens is 456 g/mol. The monoisotopic (exact) mass is 472 g/mol. The molecule has 1 N–H and O–H groups in total. The van der Waals surface area contributed by atoms with Gasteiger partial charge in [-0.3, -0.25) is 9.52 Å². The number of halogens is 2. The number of carbonyl (C=O) groups excluding carboxylic acids is 1. The van der Waals surface area contributed by atoms with Gasteiger partial charge in [-0.05, 0) is 49.2 Å². The van der Waals surface area contributed by atoms with E-state index in [2.05, 4.69) is 20.7 Å². The third kappa shape index (κ3) is 3.79. The van der Waals surface area contributed by atoms with Gasteiger partial charge >= 0.3 is 0 Å². The van der Waals surface area contributed by atoms with E-state index in [0.29, 0.717) is 28.0 Å². The summed E-state index contributed by atoms with van der Waals surface area (Å²) >= 11 is 9.45. The highest BCUT2D eigenvalue weighted by Gasteiger charge is 2.35. The van der Waals surface area contributed by atoms with Crippen molar-refractivity contribution in [3.05, 3.63) is 45.4 Å². The predicted octanol–water partition coefficient (Wildman–Crippen LogP) is 4.21. The van der Waals surface area contributed by atoms with Gasteiger partial charge in [0.05, 0.1) is 23.5 Å². The van der Waals surface area contributed by atoms with Gasteiger partial charge in [0.15, 0.2) is 0 Å². The fourth-order valence-electron chi connectivity index (χ4n) is 3.30. The average Bonchev–Trinajstić information content (AvgIpc) is 2.89. The molecule has 1 atom stereocenters. The van der Waals surface area contributed by atoms with E-state index in [-0.39, 0.29) is 21.9 Å². The lowest BCUT2D eigenvalue weighted by Gasteiger charge is -2.23. The molecule has 6 nitrogen and oxygen atoms in total. The van der Waals surface area contributed by atoms with Crippen LogP contribution in [0.25, 0.3) is 0 Å². The summed E-state index contributed by atoms with van der Waals surface area (Å²) in [5, 5.41) is 0.288. The number of hydrogen-bond acceptors (Lipinski definition) is 4. The summed E-state index contributed by atoms with van der Waals surface area (Å²) in [5.41, 5.74) is 1.53. The lowest BCUT2D eigenvalue weighted by Crippen LogP contribution is -2.34. The maximum atomic E-state index is 13.1. The summed E-state index contributed by atoms with van der Waals surface area (Å²) in [5.74, 6) is 0.243. The van der Waals surface area contributed by atoms with Crippen LogP contribution in [-0.2, 0) is 21.2 Å². The molecule has 0 aromatic heterocycles. The van der Waals surface area contributed by atoms with Crippen LogP contribution < -0.4 is 14.4 Å². The number of nitrogens with one attached hydrogen (secondary N) is 1. The Morgan fingerprint density at radius 2 is 2.04 bits per heavy atom. The van der Waals surface area contributed by atoms with Crippen LogP contribution in [0, 0.1) is 0 Å². The van der Waals surface area contributed by atoms with Crippen LogP contribution in [0.15, 0.2) is 39.7 Å². The van der Waals surface area contributed by atoms with E-state index < -0.39 is 10.0 Å². The number of sulfonamides is 1. The quantitative estimate of drug-likeness (QED) is 0.722. The first-order valence-electron chi connectivity index (χ1n) is 8.12. The van der Waals surface area contributed by atoms with Crippen molar-refractivity contribution in [2.24, 2.45) is 0 Å². The highest BCUT2D eigenvalue weighted by molar-refractivity contribution is 9.10. The van der Waals surface area contributed by atoms with Gasteiger partial charge < -0.3 is 9.64 Å². The Balaban J connectivity index is 2.08. The van der Waals surface area contributed by atoms with E-state index in [1.165, 1.54) is 31.1 Å². The Kier molecular flexibility index (Phi) is 5.42. The van der Waals surface area contributed by atoms with Crippen molar-refractivity contribution in [3.8, 4) is 5.75 Å². The topological polar surface area (TPSA) is 75.7 Å². The number of ether oxygens (including phenoxy) is 1. The number of methoxy groups -OCH3 is 1. The van der Waals surface area contributed by atoms with E-state index >= 15 is 0 Å². The Morgan fingerprint density at radius 3 is 2.63 bits per heavy atom. The lowest BCUT2D eigenvalue weighted by molar-refractivity contribution is -0.116. The first kappa shape index (κ1) is 20.0. The van der Waals surface area contributed by atoms with Crippen LogP contribution in [0.1, 0.15) is 19.4 Å². The molecule has 1 aliphatic heterocycles. The number of rotatable bonds is 4. The van der Waals surface area contributed by atoms with Gasteiger partial charge in [-0.25, -0.2) is 8.42 Å². The van der Waals surface area contributed by atoms with E-state index in [4.69, 9.17) is 16.3 Å². The molecular formula is C18H18BrClN2O4S. The van der Waals surface area contributed by atoms with E-state index in [0.717, 1.165) is 5.56 Å². The van der Waals surface area contributed by atoms with Gasteiger partial charge in [-0.1, -0.05) is 27.5 Å². The third-order valence-electron chi connectivity index (χ3n) is 4.35. The van der Waals surface area contributed by atoms with Gasteiger partial charge in [-0.15, -0.1) is 0 Å². The molecule has 1 aliphatic rings. The molecule has 144 valence electrons. The minimum atomic E-state index is -3.96. The molecule has 1 heterocycles. The van der Waals surface area contributed by atoms with E-state index in [1.54, 1.807) is 12.1 Å². The summed E-state index contributed by atoms with van der Waals surface area (Å²) in [6.45, 7) is 3.32. The molecule has 27 heavy (non-hydrogen) atoms. The molecule has 2 aromatic rings. The molecule has 0 saturated heterocycles. The van der Waals surface area contributed by atoms with Crippen molar-refractivity contribution in [1.82, 2.24) is 0 Å². The summed E-state index contributed by atoms with van der Waals surface area (Å²) in [6, 6.07) is 7.84. The molecule has 0 radical (unpaired) electrons. The fourth-order valence-corrected chi connectivity index (χ4v) is 5.53. The molecule has 0 spiro atoms.